The van der Waals surface area contributed by atoms with Crippen LogP contribution in [-0.4, -0.2) is 32.9 Å². The van der Waals surface area contributed by atoms with Crippen molar-refractivity contribution >= 4 is 5.91 Å². The summed E-state index contributed by atoms with van der Waals surface area (Å²) >= 11 is 0. The van der Waals surface area contributed by atoms with Gasteiger partial charge in [0.2, 0.25) is 5.91 Å². The smallest absolute Gasteiger partial charge is 0.345 e. The molecule has 7 heteroatoms. The minimum atomic E-state index is -0.122. The van der Waals surface area contributed by atoms with Crippen LogP contribution in [0, 0.1) is 0 Å². The molecule has 1 aromatic carbocycles. The lowest BCUT2D eigenvalue weighted by atomic mass is 10.1. The monoisotopic (exact) mass is 330 g/mol. The lowest BCUT2D eigenvalue weighted by molar-refractivity contribution is -0.126. The first kappa shape index (κ1) is 16.4. The fourth-order valence-corrected chi connectivity index (χ4v) is 2.95. The van der Waals surface area contributed by atoms with Crippen LogP contribution < -0.4 is 11.0 Å². The summed E-state index contributed by atoms with van der Waals surface area (Å²) in [5.41, 5.74) is 0.948. The highest BCUT2D eigenvalue weighted by molar-refractivity contribution is 5.77. The van der Waals surface area contributed by atoms with Crippen LogP contribution in [0.4, 0.5) is 0 Å². The quantitative estimate of drug-likeness (QED) is 0.872. The lowest BCUT2D eigenvalue weighted by Crippen LogP contribution is -2.37. The highest BCUT2D eigenvalue weighted by atomic mass is 16.5. The van der Waals surface area contributed by atoms with Gasteiger partial charge in [-0.2, -0.15) is 5.10 Å². The van der Waals surface area contributed by atoms with Gasteiger partial charge >= 0.3 is 5.69 Å². The second kappa shape index (κ2) is 7.44. The van der Waals surface area contributed by atoms with Gasteiger partial charge in [-0.25, -0.2) is 9.48 Å². The van der Waals surface area contributed by atoms with Crippen LogP contribution in [-0.2, 0) is 36.2 Å². The van der Waals surface area contributed by atoms with Gasteiger partial charge in [-0.05, 0) is 18.4 Å². The molecule has 1 N–H and O–H groups in total. The van der Waals surface area contributed by atoms with Crippen molar-refractivity contribution in [2.24, 2.45) is 7.05 Å². The molecule has 0 fully saturated rings. The number of nitrogens with one attached hydrogen (secondary N) is 1. The number of nitrogens with zero attached hydrogens (tertiary/aromatic N) is 3. The highest BCUT2D eigenvalue weighted by Crippen LogP contribution is 2.11. The Hall–Kier alpha value is -2.41. The standard InChI is InChI=1S/C17H22N4O3/c1-20-17(23)21-10-9-14(7-8-15(21)19-20)18-16(22)12-24-11-13-5-3-2-4-6-13/h2-6,14H,7-12H2,1H3,(H,18,22). The third-order valence-corrected chi connectivity index (χ3v) is 4.21. The van der Waals surface area contributed by atoms with E-state index in [0.29, 0.717) is 19.6 Å². The number of aromatic nitrogens is 3. The van der Waals surface area contributed by atoms with E-state index in [0.717, 1.165) is 24.2 Å². The Morgan fingerprint density at radius 2 is 2.12 bits per heavy atom. The second-order valence-electron chi connectivity index (χ2n) is 6.04. The molecule has 0 saturated carbocycles. The van der Waals surface area contributed by atoms with E-state index in [4.69, 9.17) is 4.74 Å². The number of ether oxygens (including phenoxy) is 1. The number of fused-ring (bicyclic) bond motifs is 1. The summed E-state index contributed by atoms with van der Waals surface area (Å²) < 4.78 is 8.51. The molecule has 128 valence electrons. The van der Waals surface area contributed by atoms with E-state index in [9.17, 15) is 9.59 Å². The molecule has 7 nitrogen and oxygen atoms in total. The average molecular weight is 330 g/mol. The van der Waals surface area contributed by atoms with Gasteiger partial charge in [0.05, 0.1) is 6.61 Å². The van der Waals surface area contributed by atoms with Crippen LogP contribution in [0.25, 0.3) is 0 Å². The first-order valence-electron chi connectivity index (χ1n) is 8.17. The predicted octanol–water partition coefficient (Wildman–Crippen LogP) is 0.620. The molecule has 1 aromatic heterocycles. The van der Waals surface area contributed by atoms with Crippen LogP contribution in [0.5, 0.6) is 0 Å². The van der Waals surface area contributed by atoms with E-state index in [1.807, 2.05) is 30.3 Å². The molecule has 1 atom stereocenters. The van der Waals surface area contributed by atoms with Gasteiger partial charge < -0.3 is 10.1 Å². The van der Waals surface area contributed by atoms with Gasteiger partial charge in [-0.15, -0.1) is 0 Å². The number of rotatable bonds is 5. The van der Waals surface area contributed by atoms with Crippen molar-refractivity contribution in [1.82, 2.24) is 19.7 Å². The number of amides is 1. The maximum Gasteiger partial charge on any atom is 0.345 e. The topological polar surface area (TPSA) is 78.2 Å². The summed E-state index contributed by atoms with van der Waals surface area (Å²) in [6.45, 7) is 1.04. The normalized spacial score (nSPS) is 17.1. The highest BCUT2D eigenvalue weighted by Gasteiger charge is 2.21. The molecule has 1 aliphatic rings. The van der Waals surface area contributed by atoms with Crippen molar-refractivity contribution in [2.45, 2.75) is 38.5 Å². The molecular weight excluding hydrogens is 308 g/mol. The van der Waals surface area contributed by atoms with Crippen LogP contribution in [0.1, 0.15) is 24.2 Å². The molecule has 2 aromatic rings. The van der Waals surface area contributed by atoms with E-state index >= 15 is 0 Å². The summed E-state index contributed by atoms with van der Waals surface area (Å²) in [7, 11) is 1.66. The largest absolute Gasteiger partial charge is 0.367 e. The number of carbonyl (C=O) groups is 1. The third kappa shape index (κ3) is 3.91. The zero-order chi connectivity index (χ0) is 16.9. The Balaban J connectivity index is 1.45. The first-order valence-corrected chi connectivity index (χ1v) is 8.17. The molecule has 0 radical (unpaired) electrons. The third-order valence-electron chi connectivity index (χ3n) is 4.21. The molecule has 1 amide bonds. The van der Waals surface area contributed by atoms with E-state index in [1.165, 1.54) is 4.68 Å². The minimum absolute atomic E-state index is 0.0394. The molecule has 2 heterocycles. The van der Waals surface area contributed by atoms with Crippen molar-refractivity contribution in [3.63, 3.8) is 0 Å². The summed E-state index contributed by atoms with van der Waals surface area (Å²) in [6.07, 6.45) is 2.19. The van der Waals surface area contributed by atoms with Gasteiger partial charge in [0.15, 0.2) is 0 Å². The van der Waals surface area contributed by atoms with E-state index < -0.39 is 0 Å². The van der Waals surface area contributed by atoms with Crippen LogP contribution in [0.15, 0.2) is 35.1 Å². The zero-order valence-corrected chi connectivity index (χ0v) is 13.8. The van der Waals surface area contributed by atoms with Gasteiger partial charge in [-0.1, -0.05) is 30.3 Å². The Morgan fingerprint density at radius 3 is 2.92 bits per heavy atom. The molecular formula is C17H22N4O3. The van der Waals surface area contributed by atoms with Gasteiger partial charge in [0, 0.05) is 26.1 Å². The van der Waals surface area contributed by atoms with Crippen molar-refractivity contribution in [1.29, 1.82) is 0 Å². The Kier molecular flexibility index (Phi) is 5.10. The average Bonchev–Trinajstić information content (AvgIpc) is 2.73. The molecule has 0 spiro atoms. The van der Waals surface area contributed by atoms with Gasteiger partial charge in [0.1, 0.15) is 12.4 Å². The van der Waals surface area contributed by atoms with E-state index in [2.05, 4.69) is 10.4 Å². The Labute approximate surface area is 140 Å². The fraction of sp³-hybridized carbons (Fsp3) is 0.471. The number of benzene rings is 1. The number of hydrogen-bond donors (Lipinski definition) is 1. The Morgan fingerprint density at radius 1 is 1.33 bits per heavy atom. The molecule has 1 unspecified atom stereocenters. The SMILES string of the molecule is Cn1nc2n(c1=O)CCC(NC(=O)COCc1ccccc1)CC2. The summed E-state index contributed by atoms with van der Waals surface area (Å²) in [5.74, 6) is 0.669. The van der Waals surface area contributed by atoms with Gasteiger partial charge in [-0.3, -0.25) is 9.36 Å². The van der Waals surface area contributed by atoms with Crippen LogP contribution in [0.2, 0.25) is 0 Å². The molecule has 0 aliphatic carbocycles. The number of carbonyl (C=O) groups excluding carboxylic acids is 1. The minimum Gasteiger partial charge on any atom is -0.367 e. The fourth-order valence-electron chi connectivity index (χ4n) is 2.95. The lowest BCUT2D eigenvalue weighted by Gasteiger charge is -2.16. The maximum absolute atomic E-state index is 12.0. The van der Waals surface area contributed by atoms with Crippen molar-refractivity contribution in [3.05, 3.63) is 52.2 Å². The van der Waals surface area contributed by atoms with Gasteiger partial charge in [0.25, 0.3) is 0 Å². The summed E-state index contributed by atoms with van der Waals surface area (Å²) in [6, 6.07) is 9.80. The Bertz CT molecular complexity index is 751. The maximum atomic E-state index is 12.0. The van der Waals surface area contributed by atoms with Crippen molar-refractivity contribution in [2.75, 3.05) is 6.61 Å². The number of aryl methyl sites for hydroxylation is 2. The number of hydrogen-bond acceptors (Lipinski definition) is 4. The van der Waals surface area contributed by atoms with Crippen LogP contribution in [0.3, 0.4) is 0 Å². The predicted molar refractivity (Wildman–Crippen MR) is 88.4 cm³/mol. The zero-order valence-electron chi connectivity index (χ0n) is 13.8. The second-order valence-corrected chi connectivity index (χ2v) is 6.04. The summed E-state index contributed by atoms with van der Waals surface area (Å²) in [5, 5.41) is 7.23. The van der Waals surface area contributed by atoms with E-state index in [1.54, 1.807) is 11.6 Å². The molecule has 1 aliphatic heterocycles. The van der Waals surface area contributed by atoms with E-state index in [-0.39, 0.29) is 24.2 Å². The summed E-state index contributed by atoms with van der Waals surface area (Å²) in [4.78, 5) is 23.9. The van der Waals surface area contributed by atoms with Crippen molar-refractivity contribution < 1.29 is 9.53 Å². The molecule has 0 bridgehead atoms. The van der Waals surface area contributed by atoms with Crippen LogP contribution >= 0.6 is 0 Å². The molecule has 3 rings (SSSR count). The van der Waals surface area contributed by atoms with Crippen molar-refractivity contribution in [3.8, 4) is 0 Å². The molecule has 24 heavy (non-hydrogen) atoms. The molecule has 0 saturated heterocycles. The first-order chi connectivity index (χ1) is 11.6.